The van der Waals surface area contributed by atoms with Gasteiger partial charge in [-0.2, -0.15) is 0 Å². The van der Waals surface area contributed by atoms with Crippen LogP contribution >= 0.6 is 0 Å². The van der Waals surface area contributed by atoms with Crippen molar-refractivity contribution >= 4 is 0 Å². The smallest absolute Gasteiger partial charge is 0.0307 e. The summed E-state index contributed by atoms with van der Waals surface area (Å²) in [6.45, 7) is 12.6. The highest BCUT2D eigenvalue weighted by atomic mass is 13.9. The normalized spacial score (nSPS) is 8.90. The monoisotopic (exact) mass is 270 g/mol. The van der Waals surface area contributed by atoms with Crippen molar-refractivity contribution in [3.05, 3.63) is 70.8 Å². The third-order valence-corrected chi connectivity index (χ3v) is 3.06. The summed E-state index contributed by atoms with van der Waals surface area (Å²) in [5, 5.41) is 0. The van der Waals surface area contributed by atoms with Crippen LogP contribution in [-0.4, -0.2) is 0 Å². The third kappa shape index (κ3) is 7.78. The van der Waals surface area contributed by atoms with Crippen LogP contribution < -0.4 is 0 Å². The van der Waals surface area contributed by atoms with Crippen molar-refractivity contribution in [3.8, 4) is 0 Å². The molecule has 0 unspecified atom stereocenters. The Balaban J connectivity index is 0.000000321. The van der Waals surface area contributed by atoms with E-state index >= 15 is 0 Å². The minimum atomic E-state index is 1.14. The lowest BCUT2D eigenvalue weighted by Gasteiger charge is -1.94. The van der Waals surface area contributed by atoms with Crippen LogP contribution in [0.4, 0.5) is 0 Å². The standard InChI is InChI=1S/2C9H12.C2H6/c2*1-3-9-6-4-8(2)5-7-9;1-2/h2*4-7H,3H2,1-2H3;1-2H3. The zero-order valence-corrected chi connectivity index (χ0v) is 14.0. The quantitative estimate of drug-likeness (QED) is 0.614. The van der Waals surface area contributed by atoms with Crippen molar-refractivity contribution in [2.45, 2.75) is 54.4 Å². The first-order chi connectivity index (χ1) is 9.65. The van der Waals surface area contributed by atoms with Crippen LogP contribution in [0.25, 0.3) is 0 Å². The Morgan fingerprint density at radius 1 is 0.550 bits per heavy atom. The molecule has 0 atom stereocenters. The van der Waals surface area contributed by atoms with E-state index in [-0.39, 0.29) is 0 Å². The van der Waals surface area contributed by atoms with Crippen molar-refractivity contribution < 1.29 is 0 Å². The van der Waals surface area contributed by atoms with E-state index in [4.69, 9.17) is 0 Å². The molecule has 0 aromatic heterocycles. The molecule has 20 heavy (non-hydrogen) atoms. The molecule has 2 aromatic carbocycles. The Hall–Kier alpha value is -1.56. The fourth-order valence-electron chi connectivity index (χ4n) is 1.65. The van der Waals surface area contributed by atoms with E-state index in [2.05, 4.69) is 76.2 Å². The molecule has 0 fully saturated rings. The zero-order chi connectivity index (χ0) is 15.4. The molecule has 0 aliphatic carbocycles. The summed E-state index contributed by atoms with van der Waals surface area (Å²) in [6.07, 6.45) is 2.28. The SMILES string of the molecule is CC.CCc1ccc(C)cc1.CCc1ccc(C)cc1. The summed E-state index contributed by atoms with van der Waals surface area (Å²) < 4.78 is 0. The molecule has 0 N–H and O–H groups in total. The second kappa shape index (κ2) is 11.3. The average Bonchev–Trinajstić information content (AvgIpc) is 2.51. The van der Waals surface area contributed by atoms with E-state index in [0.717, 1.165) is 12.8 Å². The molecule has 2 aromatic rings. The molecule has 0 heteroatoms. The van der Waals surface area contributed by atoms with Gasteiger partial charge in [-0.25, -0.2) is 0 Å². The first kappa shape index (κ1) is 18.4. The van der Waals surface area contributed by atoms with Gasteiger partial charge in [-0.15, -0.1) is 0 Å². The second-order valence-corrected chi connectivity index (χ2v) is 4.68. The molecule has 0 saturated carbocycles. The van der Waals surface area contributed by atoms with Crippen molar-refractivity contribution in [2.24, 2.45) is 0 Å². The molecule has 0 aliphatic heterocycles. The first-order valence-electron chi connectivity index (χ1n) is 7.76. The predicted molar refractivity (Wildman–Crippen MR) is 92.5 cm³/mol. The van der Waals surface area contributed by atoms with Gasteiger partial charge in [0.05, 0.1) is 0 Å². The second-order valence-electron chi connectivity index (χ2n) is 4.68. The van der Waals surface area contributed by atoms with Crippen LogP contribution in [0, 0.1) is 13.8 Å². The molecule has 0 amide bonds. The summed E-state index contributed by atoms with van der Waals surface area (Å²) in [6, 6.07) is 17.3. The fourth-order valence-corrected chi connectivity index (χ4v) is 1.65. The molecule has 0 heterocycles. The van der Waals surface area contributed by atoms with E-state index < -0.39 is 0 Å². The first-order valence-corrected chi connectivity index (χ1v) is 7.76. The molecule has 2 rings (SSSR count). The van der Waals surface area contributed by atoms with Crippen LogP contribution in [0.5, 0.6) is 0 Å². The summed E-state index contributed by atoms with van der Waals surface area (Å²) >= 11 is 0. The lowest BCUT2D eigenvalue weighted by molar-refractivity contribution is 1.14. The largest absolute Gasteiger partial charge is 0.0683 e. The van der Waals surface area contributed by atoms with Gasteiger partial charge in [-0.1, -0.05) is 87.4 Å². The number of aryl methyl sites for hydroxylation is 4. The van der Waals surface area contributed by atoms with Gasteiger partial charge in [0.15, 0.2) is 0 Å². The number of rotatable bonds is 2. The Bertz CT molecular complexity index is 389. The van der Waals surface area contributed by atoms with Crippen molar-refractivity contribution in [1.29, 1.82) is 0 Å². The Labute approximate surface area is 125 Å². The maximum atomic E-state index is 2.18. The summed E-state index contributed by atoms with van der Waals surface area (Å²) in [5.41, 5.74) is 5.51. The van der Waals surface area contributed by atoms with Gasteiger partial charge < -0.3 is 0 Å². The molecular formula is C20H30. The number of hydrogen-bond donors (Lipinski definition) is 0. The lowest BCUT2D eigenvalue weighted by atomic mass is 10.1. The maximum absolute atomic E-state index is 2.18. The van der Waals surface area contributed by atoms with Gasteiger partial charge in [0.1, 0.15) is 0 Å². The summed E-state index contributed by atoms with van der Waals surface area (Å²) in [7, 11) is 0. The minimum absolute atomic E-state index is 1.14. The highest BCUT2D eigenvalue weighted by molar-refractivity contribution is 5.21. The van der Waals surface area contributed by atoms with Crippen LogP contribution in [0.3, 0.4) is 0 Å². The topological polar surface area (TPSA) is 0 Å². The Kier molecular flexibility index (Phi) is 10.4. The lowest BCUT2D eigenvalue weighted by Crippen LogP contribution is -1.77. The van der Waals surface area contributed by atoms with Gasteiger partial charge in [-0.3, -0.25) is 0 Å². The molecular weight excluding hydrogens is 240 g/mol. The summed E-state index contributed by atoms with van der Waals surface area (Å²) in [4.78, 5) is 0. The van der Waals surface area contributed by atoms with Crippen molar-refractivity contribution in [2.75, 3.05) is 0 Å². The molecule has 0 bridgehead atoms. The fraction of sp³-hybridized carbons (Fsp3) is 0.400. The van der Waals surface area contributed by atoms with E-state index in [1.807, 2.05) is 13.8 Å². The van der Waals surface area contributed by atoms with Crippen LogP contribution in [0.2, 0.25) is 0 Å². The van der Waals surface area contributed by atoms with Crippen LogP contribution in [-0.2, 0) is 12.8 Å². The van der Waals surface area contributed by atoms with Gasteiger partial charge in [-0.05, 0) is 37.8 Å². The van der Waals surface area contributed by atoms with E-state index in [1.165, 1.54) is 22.3 Å². The molecule has 0 saturated heterocycles. The molecule has 110 valence electrons. The Morgan fingerprint density at radius 2 is 0.800 bits per heavy atom. The Morgan fingerprint density at radius 3 is 1.00 bits per heavy atom. The number of hydrogen-bond acceptors (Lipinski definition) is 0. The van der Waals surface area contributed by atoms with Crippen LogP contribution in [0.15, 0.2) is 48.5 Å². The van der Waals surface area contributed by atoms with Gasteiger partial charge in [0.25, 0.3) is 0 Å². The number of benzene rings is 2. The van der Waals surface area contributed by atoms with Gasteiger partial charge in [0.2, 0.25) is 0 Å². The van der Waals surface area contributed by atoms with Crippen LogP contribution in [0.1, 0.15) is 49.9 Å². The highest BCUT2D eigenvalue weighted by Crippen LogP contribution is 2.03. The van der Waals surface area contributed by atoms with Gasteiger partial charge >= 0.3 is 0 Å². The molecule has 0 aliphatic rings. The van der Waals surface area contributed by atoms with Crippen molar-refractivity contribution in [1.82, 2.24) is 0 Å². The predicted octanol–water partition coefficient (Wildman–Crippen LogP) is 6.14. The zero-order valence-electron chi connectivity index (χ0n) is 14.0. The third-order valence-electron chi connectivity index (χ3n) is 3.06. The average molecular weight is 270 g/mol. The molecule has 0 nitrogen and oxygen atoms in total. The highest BCUT2D eigenvalue weighted by Gasteiger charge is 1.85. The molecule has 0 radical (unpaired) electrons. The maximum Gasteiger partial charge on any atom is -0.0307 e. The van der Waals surface area contributed by atoms with E-state index in [9.17, 15) is 0 Å². The molecule has 0 spiro atoms. The van der Waals surface area contributed by atoms with Gasteiger partial charge in [0, 0.05) is 0 Å². The van der Waals surface area contributed by atoms with E-state index in [1.54, 1.807) is 0 Å². The minimum Gasteiger partial charge on any atom is -0.0683 e. The summed E-state index contributed by atoms with van der Waals surface area (Å²) in [5.74, 6) is 0. The van der Waals surface area contributed by atoms with E-state index in [0.29, 0.717) is 0 Å². The van der Waals surface area contributed by atoms with Crippen molar-refractivity contribution in [3.63, 3.8) is 0 Å².